The number of nitrogens with one attached hydrogen (secondary N) is 1. The maximum atomic E-state index is 12.3. The fourth-order valence-electron chi connectivity index (χ4n) is 3.02. The minimum atomic E-state index is -0.958. The van der Waals surface area contributed by atoms with E-state index < -0.39 is 12.0 Å². The van der Waals surface area contributed by atoms with Crippen LogP contribution in [0, 0.1) is 11.8 Å². The summed E-state index contributed by atoms with van der Waals surface area (Å²) in [6, 6.07) is -0.834. The van der Waals surface area contributed by atoms with E-state index in [0.717, 1.165) is 38.0 Å². The second-order valence-electron chi connectivity index (χ2n) is 6.34. The topological polar surface area (TPSA) is 69.6 Å². The number of carbonyl (C=O) groups excluding carboxylic acids is 1. The van der Waals surface area contributed by atoms with Crippen LogP contribution in [-0.2, 0) is 4.79 Å². The van der Waals surface area contributed by atoms with E-state index >= 15 is 0 Å². The number of carboxylic acids is 1. The summed E-state index contributed by atoms with van der Waals surface area (Å²) in [6.07, 6.45) is 6.28. The Morgan fingerprint density at radius 3 is 2.24 bits per heavy atom. The summed E-state index contributed by atoms with van der Waals surface area (Å²) in [5.74, 6) is -0.249. The van der Waals surface area contributed by atoms with Crippen molar-refractivity contribution in [2.24, 2.45) is 11.8 Å². The summed E-state index contributed by atoms with van der Waals surface area (Å²) >= 11 is 0. The summed E-state index contributed by atoms with van der Waals surface area (Å²) in [6.45, 7) is 6.00. The van der Waals surface area contributed by atoms with Crippen LogP contribution in [-0.4, -0.2) is 41.1 Å². The highest BCUT2D eigenvalue weighted by molar-refractivity contribution is 5.82. The van der Waals surface area contributed by atoms with Gasteiger partial charge in [0.2, 0.25) is 0 Å². The fourth-order valence-corrected chi connectivity index (χ4v) is 3.02. The second kappa shape index (κ2) is 8.25. The van der Waals surface area contributed by atoms with Crippen molar-refractivity contribution in [3.63, 3.8) is 0 Å². The van der Waals surface area contributed by atoms with Gasteiger partial charge in [-0.15, -0.1) is 0 Å². The van der Waals surface area contributed by atoms with Crippen molar-refractivity contribution >= 4 is 12.0 Å². The van der Waals surface area contributed by atoms with Gasteiger partial charge in [0, 0.05) is 13.1 Å². The molecule has 0 aromatic carbocycles. The predicted molar refractivity (Wildman–Crippen MR) is 83.2 cm³/mol. The standard InChI is InChI=1S/C16H30N2O3/c1-5-11(3)14(15(19)20)17-16(21)18(4)13-9-7-12(6-2)8-10-13/h11-14H,5-10H2,1-4H3,(H,17,21)(H,19,20)/t11-,12?,13?,14-/m0/s1. The fraction of sp³-hybridized carbons (Fsp3) is 0.875. The highest BCUT2D eigenvalue weighted by atomic mass is 16.4. The number of amides is 2. The number of hydrogen-bond acceptors (Lipinski definition) is 2. The lowest BCUT2D eigenvalue weighted by atomic mass is 9.84. The zero-order valence-corrected chi connectivity index (χ0v) is 13.8. The molecule has 0 saturated heterocycles. The van der Waals surface area contributed by atoms with Crippen LogP contribution in [0.15, 0.2) is 0 Å². The van der Waals surface area contributed by atoms with E-state index in [0.29, 0.717) is 0 Å². The highest BCUT2D eigenvalue weighted by Gasteiger charge is 2.30. The SMILES string of the molecule is CCC1CCC(N(C)C(=O)N[C@H](C(=O)O)[C@@H](C)CC)CC1. The molecule has 21 heavy (non-hydrogen) atoms. The lowest BCUT2D eigenvalue weighted by molar-refractivity contribution is -0.140. The van der Waals surface area contributed by atoms with Gasteiger partial charge in [-0.25, -0.2) is 9.59 Å². The molecule has 1 aliphatic carbocycles. The number of carbonyl (C=O) groups is 2. The van der Waals surface area contributed by atoms with Crippen molar-refractivity contribution in [1.82, 2.24) is 10.2 Å². The Morgan fingerprint density at radius 2 is 1.81 bits per heavy atom. The zero-order chi connectivity index (χ0) is 16.0. The molecule has 0 unspecified atom stereocenters. The minimum absolute atomic E-state index is 0.0734. The third kappa shape index (κ3) is 4.90. The molecule has 1 fully saturated rings. The molecule has 5 heteroatoms. The van der Waals surface area contributed by atoms with Crippen molar-refractivity contribution < 1.29 is 14.7 Å². The first kappa shape index (κ1) is 17.8. The van der Waals surface area contributed by atoms with E-state index in [4.69, 9.17) is 0 Å². The first-order chi connectivity index (χ1) is 9.90. The Hall–Kier alpha value is -1.26. The van der Waals surface area contributed by atoms with E-state index in [9.17, 15) is 14.7 Å². The third-order valence-electron chi connectivity index (χ3n) is 5.02. The molecule has 1 saturated carbocycles. The van der Waals surface area contributed by atoms with Gasteiger partial charge in [-0.05, 0) is 37.5 Å². The Morgan fingerprint density at radius 1 is 1.24 bits per heavy atom. The highest BCUT2D eigenvalue weighted by Crippen LogP contribution is 2.29. The van der Waals surface area contributed by atoms with Crippen LogP contribution in [0.3, 0.4) is 0 Å². The molecule has 0 radical (unpaired) electrons. The van der Waals surface area contributed by atoms with Crippen LogP contribution in [0.2, 0.25) is 0 Å². The number of rotatable bonds is 6. The lowest BCUT2D eigenvalue weighted by Gasteiger charge is -2.35. The molecular formula is C16H30N2O3. The molecule has 122 valence electrons. The van der Waals surface area contributed by atoms with Gasteiger partial charge >= 0.3 is 12.0 Å². The summed E-state index contributed by atoms with van der Waals surface area (Å²) in [5.41, 5.74) is 0. The molecule has 0 spiro atoms. The number of nitrogens with zero attached hydrogens (tertiary/aromatic N) is 1. The van der Waals surface area contributed by atoms with Gasteiger partial charge in [0.1, 0.15) is 6.04 Å². The van der Waals surface area contributed by atoms with Crippen molar-refractivity contribution in [3.8, 4) is 0 Å². The van der Waals surface area contributed by atoms with E-state index in [1.165, 1.54) is 6.42 Å². The minimum Gasteiger partial charge on any atom is -0.480 e. The average Bonchev–Trinajstić information content (AvgIpc) is 2.50. The molecule has 2 N–H and O–H groups in total. The van der Waals surface area contributed by atoms with Gasteiger partial charge in [-0.3, -0.25) is 0 Å². The van der Waals surface area contributed by atoms with Gasteiger partial charge in [0.15, 0.2) is 0 Å². The van der Waals surface area contributed by atoms with Gasteiger partial charge in [0.05, 0.1) is 0 Å². The molecule has 0 heterocycles. The average molecular weight is 298 g/mol. The first-order valence-electron chi connectivity index (χ1n) is 8.16. The predicted octanol–water partition coefficient (Wildman–Crippen LogP) is 3.10. The van der Waals surface area contributed by atoms with Crippen LogP contribution in [0.5, 0.6) is 0 Å². The van der Waals surface area contributed by atoms with Crippen molar-refractivity contribution in [2.75, 3.05) is 7.05 Å². The van der Waals surface area contributed by atoms with Crippen LogP contribution in [0.25, 0.3) is 0 Å². The number of aliphatic carboxylic acids is 1. The molecule has 0 aromatic rings. The summed E-state index contributed by atoms with van der Waals surface area (Å²) < 4.78 is 0. The quantitative estimate of drug-likeness (QED) is 0.791. The summed E-state index contributed by atoms with van der Waals surface area (Å²) in [7, 11) is 1.78. The third-order valence-corrected chi connectivity index (χ3v) is 5.02. The van der Waals surface area contributed by atoms with Crippen LogP contribution >= 0.6 is 0 Å². The number of carboxylic acid groups (broad SMARTS) is 1. The molecule has 0 aliphatic heterocycles. The molecule has 2 amide bonds. The molecule has 2 atom stereocenters. The Kier molecular flexibility index (Phi) is 6.99. The van der Waals surface area contributed by atoms with E-state index in [1.54, 1.807) is 11.9 Å². The first-order valence-corrected chi connectivity index (χ1v) is 8.16. The van der Waals surface area contributed by atoms with Crippen molar-refractivity contribution in [3.05, 3.63) is 0 Å². The van der Waals surface area contributed by atoms with E-state index in [1.807, 2.05) is 13.8 Å². The van der Waals surface area contributed by atoms with Gasteiger partial charge in [0.25, 0.3) is 0 Å². The monoisotopic (exact) mass is 298 g/mol. The van der Waals surface area contributed by atoms with Crippen LogP contribution < -0.4 is 5.32 Å². The molecule has 1 aliphatic rings. The van der Waals surface area contributed by atoms with E-state index in [2.05, 4.69) is 12.2 Å². The van der Waals surface area contributed by atoms with Crippen molar-refractivity contribution in [2.45, 2.75) is 71.4 Å². The Balaban J connectivity index is 2.55. The van der Waals surface area contributed by atoms with Gasteiger partial charge in [-0.1, -0.05) is 33.6 Å². The molecule has 0 bridgehead atoms. The normalized spacial score (nSPS) is 25.0. The second-order valence-corrected chi connectivity index (χ2v) is 6.34. The Labute approximate surface area is 128 Å². The molecule has 1 rings (SSSR count). The maximum absolute atomic E-state index is 12.3. The Bertz CT molecular complexity index is 351. The van der Waals surface area contributed by atoms with Gasteiger partial charge in [-0.2, -0.15) is 0 Å². The van der Waals surface area contributed by atoms with E-state index in [-0.39, 0.29) is 18.0 Å². The smallest absolute Gasteiger partial charge is 0.326 e. The number of hydrogen-bond donors (Lipinski definition) is 2. The number of urea groups is 1. The lowest BCUT2D eigenvalue weighted by Crippen LogP contribution is -2.52. The zero-order valence-electron chi connectivity index (χ0n) is 13.8. The van der Waals surface area contributed by atoms with Gasteiger partial charge < -0.3 is 15.3 Å². The molecule has 0 aromatic heterocycles. The van der Waals surface area contributed by atoms with Crippen LogP contribution in [0.1, 0.15) is 59.3 Å². The molecular weight excluding hydrogens is 268 g/mol. The molecule has 5 nitrogen and oxygen atoms in total. The largest absolute Gasteiger partial charge is 0.480 e. The maximum Gasteiger partial charge on any atom is 0.326 e. The summed E-state index contributed by atoms with van der Waals surface area (Å²) in [4.78, 5) is 25.3. The van der Waals surface area contributed by atoms with Crippen molar-refractivity contribution in [1.29, 1.82) is 0 Å². The van der Waals surface area contributed by atoms with Crippen LogP contribution in [0.4, 0.5) is 4.79 Å². The summed E-state index contributed by atoms with van der Waals surface area (Å²) in [5, 5.41) is 11.9.